The number of fused-ring (bicyclic) bond motifs is 1. The van der Waals surface area contributed by atoms with Crippen molar-refractivity contribution in [2.24, 2.45) is 0 Å². The molecule has 0 saturated heterocycles. The van der Waals surface area contributed by atoms with E-state index in [1.807, 2.05) is 0 Å². The van der Waals surface area contributed by atoms with Crippen LogP contribution in [-0.4, -0.2) is 45.0 Å². The number of para-hydroxylation sites is 1. The largest absolute Gasteiger partial charge is 0.535 e. The standard InChI is InChI=1S/C13H15BO7/c1-13(18,19)10(15)6-8-5-7-3-2-4-9(12(16)17)11(7)21-14(8)20/h2-4,8,18-20H,5-6H2,1H3,(H,16,17)/t8-/m1/s1. The SMILES string of the molecule is CC(O)(O)C(=O)C[C@H]1Cc2cccc(C(=O)O)c2OB1O. The van der Waals surface area contributed by atoms with Gasteiger partial charge in [-0.15, -0.1) is 0 Å². The molecular weight excluding hydrogens is 279 g/mol. The first-order valence-electron chi connectivity index (χ1n) is 6.38. The van der Waals surface area contributed by atoms with Crippen LogP contribution in [0.3, 0.4) is 0 Å². The third-order valence-corrected chi connectivity index (χ3v) is 3.43. The molecule has 7 nitrogen and oxygen atoms in total. The van der Waals surface area contributed by atoms with Gasteiger partial charge in [-0.25, -0.2) is 4.79 Å². The quantitative estimate of drug-likeness (QED) is 0.449. The highest BCUT2D eigenvalue weighted by Crippen LogP contribution is 2.36. The van der Waals surface area contributed by atoms with Gasteiger partial charge in [0.25, 0.3) is 0 Å². The molecule has 2 rings (SSSR count). The maximum absolute atomic E-state index is 11.6. The van der Waals surface area contributed by atoms with Crippen LogP contribution in [0.5, 0.6) is 5.75 Å². The Labute approximate surface area is 120 Å². The van der Waals surface area contributed by atoms with Gasteiger partial charge in [0.15, 0.2) is 5.78 Å². The molecule has 8 heteroatoms. The van der Waals surface area contributed by atoms with Crippen LogP contribution >= 0.6 is 0 Å². The van der Waals surface area contributed by atoms with Crippen LogP contribution in [0.25, 0.3) is 0 Å². The zero-order valence-corrected chi connectivity index (χ0v) is 11.3. The molecule has 0 aromatic heterocycles. The van der Waals surface area contributed by atoms with Crippen LogP contribution in [0.2, 0.25) is 5.82 Å². The number of rotatable bonds is 4. The van der Waals surface area contributed by atoms with Gasteiger partial charge in [-0.3, -0.25) is 4.79 Å². The van der Waals surface area contributed by atoms with E-state index in [0.29, 0.717) is 5.56 Å². The molecule has 112 valence electrons. The molecule has 0 unspecified atom stereocenters. The summed E-state index contributed by atoms with van der Waals surface area (Å²) >= 11 is 0. The number of Topliss-reactive ketones (excluding diaryl/α,β-unsaturated/α-hetero) is 1. The van der Waals surface area contributed by atoms with Gasteiger partial charge in [-0.05, 0) is 25.0 Å². The predicted octanol–water partition coefficient (Wildman–Crippen LogP) is -0.170. The zero-order chi connectivity index (χ0) is 15.8. The van der Waals surface area contributed by atoms with Crippen LogP contribution in [0, 0.1) is 0 Å². The molecule has 4 N–H and O–H groups in total. The van der Waals surface area contributed by atoms with E-state index >= 15 is 0 Å². The number of carbonyl (C=O) groups excluding carboxylic acids is 1. The highest BCUT2D eigenvalue weighted by atomic mass is 16.5. The number of aromatic carboxylic acids is 1. The number of hydrogen-bond donors (Lipinski definition) is 4. The van der Waals surface area contributed by atoms with E-state index < -0.39 is 30.5 Å². The Morgan fingerprint density at radius 2 is 2.10 bits per heavy atom. The molecule has 0 radical (unpaired) electrons. The minimum absolute atomic E-state index is 0.0644. The van der Waals surface area contributed by atoms with Crippen LogP contribution in [0.15, 0.2) is 18.2 Å². The number of benzene rings is 1. The molecule has 0 amide bonds. The van der Waals surface area contributed by atoms with Crippen molar-refractivity contribution < 1.29 is 34.6 Å². The lowest BCUT2D eigenvalue weighted by Crippen LogP contribution is -2.41. The first-order valence-corrected chi connectivity index (χ1v) is 6.38. The first kappa shape index (κ1) is 15.5. The summed E-state index contributed by atoms with van der Waals surface area (Å²) < 4.78 is 5.21. The molecular formula is C13H15BO7. The minimum Gasteiger partial charge on any atom is -0.535 e. The maximum atomic E-state index is 11.6. The number of carbonyl (C=O) groups is 2. The number of carboxylic acids is 1. The molecule has 0 saturated carbocycles. The highest BCUT2D eigenvalue weighted by molar-refractivity contribution is 6.47. The van der Waals surface area contributed by atoms with Gasteiger partial charge in [0.2, 0.25) is 5.79 Å². The highest BCUT2D eigenvalue weighted by Gasteiger charge is 2.40. The minimum atomic E-state index is -2.47. The molecule has 1 aliphatic heterocycles. The van der Waals surface area contributed by atoms with Gasteiger partial charge in [0, 0.05) is 12.2 Å². The van der Waals surface area contributed by atoms with Crippen molar-refractivity contribution in [2.45, 2.75) is 31.4 Å². The molecule has 1 heterocycles. The van der Waals surface area contributed by atoms with Crippen molar-refractivity contribution >= 4 is 18.9 Å². The normalized spacial score (nSPS) is 17.9. The number of carboxylic acid groups (broad SMARTS) is 1. The molecule has 1 atom stereocenters. The van der Waals surface area contributed by atoms with E-state index in [9.17, 15) is 24.8 Å². The fourth-order valence-corrected chi connectivity index (χ4v) is 2.26. The summed E-state index contributed by atoms with van der Waals surface area (Å²) in [7, 11) is -1.38. The van der Waals surface area contributed by atoms with Gasteiger partial charge in [0.05, 0.1) is 5.56 Å². The number of ketones is 1. The van der Waals surface area contributed by atoms with Crippen molar-refractivity contribution in [1.29, 1.82) is 0 Å². The predicted molar refractivity (Wildman–Crippen MR) is 71.9 cm³/mol. The summed E-state index contributed by atoms with van der Waals surface area (Å²) in [6.45, 7) is 0.946. The van der Waals surface area contributed by atoms with Crippen LogP contribution in [-0.2, 0) is 11.2 Å². The van der Waals surface area contributed by atoms with Gasteiger partial charge >= 0.3 is 13.1 Å². The number of hydrogen-bond acceptors (Lipinski definition) is 6. The van der Waals surface area contributed by atoms with E-state index in [-0.39, 0.29) is 24.2 Å². The van der Waals surface area contributed by atoms with Gasteiger partial charge in [0.1, 0.15) is 5.75 Å². The average Bonchev–Trinajstić information content (AvgIpc) is 2.37. The molecule has 0 spiro atoms. The second-order valence-electron chi connectivity index (χ2n) is 5.22. The Morgan fingerprint density at radius 1 is 1.43 bits per heavy atom. The maximum Gasteiger partial charge on any atom is 0.526 e. The molecule has 0 bridgehead atoms. The smallest absolute Gasteiger partial charge is 0.526 e. The van der Waals surface area contributed by atoms with Gasteiger partial charge < -0.3 is 25.0 Å². The average molecular weight is 294 g/mol. The van der Waals surface area contributed by atoms with E-state index in [0.717, 1.165) is 6.92 Å². The molecule has 1 aromatic carbocycles. The zero-order valence-electron chi connectivity index (χ0n) is 11.3. The summed E-state index contributed by atoms with van der Waals surface area (Å²) in [5.74, 6) is -5.08. The summed E-state index contributed by atoms with van der Waals surface area (Å²) in [5.41, 5.74) is 0.487. The Hall–Kier alpha value is -1.90. The van der Waals surface area contributed by atoms with Crippen LogP contribution < -0.4 is 4.65 Å². The summed E-state index contributed by atoms with van der Waals surface area (Å²) in [6, 6.07) is 4.55. The Morgan fingerprint density at radius 3 is 2.67 bits per heavy atom. The van der Waals surface area contributed by atoms with E-state index in [1.165, 1.54) is 6.07 Å². The fourth-order valence-electron chi connectivity index (χ4n) is 2.26. The third kappa shape index (κ3) is 3.23. The lowest BCUT2D eigenvalue weighted by Gasteiger charge is -2.29. The van der Waals surface area contributed by atoms with E-state index in [2.05, 4.69) is 0 Å². The lowest BCUT2D eigenvalue weighted by atomic mass is 9.64. The molecule has 1 aliphatic rings. The van der Waals surface area contributed by atoms with Crippen molar-refractivity contribution in [3.8, 4) is 5.75 Å². The molecule has 21 heavy (non-hydrogen) atoms. The van der Waals surface area contributed by atoms with Gasteiger partial charge in [-0.2, -0.15) is 0 Å². The van der Waals surface area contributed by atoms with Crippen molar-refractivity contribution in [1.82, 2.24) is 0 Å². The summed E-state index contributed by atoms with van der Waals surface area (Å²) in [4.78, 5) is 22.7. The van der Waals surface area contributed by atoms with Gasteiger partial charge in [-0.1, -0.05) is 12.1 Å². The van der Waals surface area contributed by atoms with E-state index in [1.54, 1.807) is 12.1 Å². The van der Waals surface area contributed by atoms with Crippen molar-refractivity contribution in [2.75, 3.05) is 0 Å². The second kappa shape index (κ2) is 5.47. The topological polar surface area (TPSA) is 124 Å². The molecule has 0 aliphatic carbocycles. The molecule has 0 fully saturated rings. The third-order valence-electron chi connectivity index (χ3n) is 3.43. The second-order valence-corrected chi connectivity index (χ2v) is 5.22. The van der Waals surface area contributed by atoms with E-state index in [4.69, 9.17) is 9.76 Å². The lowest BCUT2D eigenvalue weighted by molar-refractivity contribution is -0.175. The van der Waals surface area contributed by atoms with Crippen molar-refractivity contribution in [3.63, 3.8) is 0 Å². The fraction of sp³-hybridized carbons (Fsp3) is 0.385. The van der Waals surface area contributed by atoms with Crippen LogP contribution in [0.1, 0.15) is 29.3 Å². The Kier molecular flexibility index (Phi) is 4.04. The Bertz CT molecular complexity index is 578. The monoisotopic (exact) mass is 294 g/mol. The summed E-state index contributed by atoms with van der Waals surface area (Å²) in [6.07, 6.45) is -0.0825. The summed E-state index contributed by atoms with van der Waals surface area (Å²) in [5, 5.41) is 37.4. The van der Waals surface area contributed by atoms with Crippen molar-refractivity contribution in [3.05, 3.63) is 29.3 Å². The Balaban J connectivity index is 2.24. The number of aliphatic hydroxyl groups is 2. The molecule has 1 aromatic rings. The first-order chi connectivity index (χ1) is 9.70. The van der Waals surface area contributed by atoms with Crippen LogP contribution in [0.4, 0.5) is 0 Å².